The normalized spacial score (nSPS) is 14.2. The van der Waals surface area contributed by atoms with E-state index in [0.717, 1.165) is 23.3 Å². The van der Waals surface area contributed by atoms with Crippen molar-refractivity contribution in [2.45, 2.75) is 31.7 Å². The maximum absolute atomic E-state index is 13.8. The number of anilines is 1. The van der Waals surface area contributed by atoms with Crippen molar-refractivity contribution in [3.63, 3.8) is 0 Å². The molecule has 1 amide bonds. The Bertz CT molecular complexity index is 990. The molecule has 0 saturated carbocycles. The Morgan fingerprint density at radius 2 is 1.85 bits per heavy atom. The molecule has 1 N–H and O–H groups in total. The quantitative estimate of drug-likeness (QED) is 0.865. The number of carbonyl (C=O) groups is 1. The molecule has 1 aliphatic heterocycles. The summed E-state index contributed by atoms with van der Waals surface area (Å²) in [4.78, 5) is 13.3. The molecule has 0 spiro atoms. The van der Waals surface area contributed by atoms with Crippen LogP contribution in [0.25, 0.3) is 0 Å². The number of hydrogen-bond acceptors (Lipinski definition) is 3. The fourth-order valence-corrected chi connectivity index (χ4v) is 4.19. The molecule has 8 heteroatoms. The Kier molecular flexibility index (Phi) is 5.19. The first-order chi connectivity index (χ1) is 12.7. The van der Waals surface area contributed by atoms with Gasteiger partial charge in [0, 0.05) is 30.8 Å². The first-order valence-electron chi connectivity index (χ1n) is 8.56. The van der Waals surface area contributed by atoms with Gasteiger partial charge in [0.05, 0.1) is 0 Å². The van der Waals surface area contributed by atoms with Crippen molar-refractivity contribution in [2.75, 3.05) is 11.3 Å². The molecule has 0 unspecified atom stereocenters. The van der Waals surface area contributed by atoms with Gasteiger partial charge in [0.2, 0.25) is 5.91 Å². The maximum Gasteiger partial charge on any atom is 0.264 e. The van der Waals surface area contributed by atoms with Crippen LogP contribution in [0.5, 0.6) is 0 Å². The first kappa shape index (κ1) is 19.3. The molecule has 0 atom stereocenters. The van der Waals surface area contributed by atoms with Gasteiger partial charge in [0.1, 0.15) is 16.5 Å². The van der Waals surface area contributed by atoms with E-state index in [4.69, 9.17) is 0 Å². The van der Waals surface area contributed by atoms with E-state index in [1.807, 2.05) is 13.8 Å². The van der Waals surface area contributed by atoms with E-state index < -0.39 is 26.6 Å². The molecule has 2 aromatic carbocycles. The minimum atomic E-state index is -4.20. The molecule has 3 rings (SSSR count). The number of sulfonamides is 1. The van der Waals surface area contributed by atoms with Crippen LogP contribution in [-0.4, -0.2) is 25.8 Å². The van der Waals surface area contributed by atoms with Gasteiger partial charge in [0.25, 0.3) is 10.0 Å². The Morgan fingerprint density at radius 3 is 2.52 bits per heavy atom. The average molecular weight is 394 g/mol. The Labute approximate surface area is 157 Å². The predicted molar refractivity (Wildman–Crippen MR) is 97.6 cm³/mol. The van der Waals surface area contributed by atoms with Crippen LogP contribution >= 0.6 is 0 Å². The summed E-state index contributed by atoms with van der Waals surface area (Å²) >= 11 is 0. The monoisotopic (exact) mass is 394 g/mol. The molecule has 1 heterocycles. The van der Waals surface area contributed by atoms with Crippen LogP contribution in [0, 0.1) is 17.6 Å². The maximum atomic E-state index is 13.8. The van der Waals surface area contributed by atoms with E-state index in [1.165, 1.54) is 0 Å². The minimum absolute atomic E-state index is 0.0417. The van der Waals surface area contributed by atoms with Crippen LogP contribution in [0.2, 0.25) is 0 Å². The molecule has 0 fully saturated rings. The fraction of sp³-hybridized carbons (Fsp3) is 0.316. The van der Waals surface area contributed by atoms with Crippen LogP contribution in [0.15, 0.2) is 41.3 Å². The van der Waals surface area contributed by atoms with Gasteiger partial charge in [-0.25, -0.2) is 17.2 Å². The molecule has 144 valence electrons. The zero-order valence-electron chi connectivity index (χ0n) is 15.0. The molecule has 0 bridgehead atoms. The van der Waals surface area contributed by atoms with E-state index in [1.54, 1.807) is 23.1 Å². The van der Waals surface area contributed by atoms with E-state index in [0.29, 0.717) is 25.6 Å². The summed E-state index contributed by atoms with van der Waals surface area (Å²) in [5, 5.41) is 0. The lowest BCUT2D eigenvalue weighted by Crippen LogP contribution is -2.38. The van der Waals surface area contributed by atoms with Gasteiger partial charge >= 0.3 is 0 Å². The number of fused-ring (bicyclic) bond motifs is 1. The molecular weight excluding hydrogens is 374 g/mol. The second-order valence-corrected chi connectivity index (χ2v) is 8.48. The highest BCUT2D eigenvalue weighted by Gasteiger charge is 2.24. The molecule has 2 aromatic rings. The standard InChI is InChI=1S/C19H20F2N2O3S/c1-12(2)19(24)23-8-7-13-3-5-16(9-14(13)11-23)22-27(25,26)18-6-4-15(20)10-17(18)21/h3-6,9-10,12,22H,7-8,11H2,1-2H3. The third-order valence-electron chi connectivity index (χ3n) is 4.46. The van der Waals surface area contributed by atoms with Gasteiger partial charge < -0.3 is 4.90 Å². The molecule has 27 heavy (non-hydrogen) atoms. The predicted octanol–water partition coefficient (Wildman–Crippen LogP) is 3.31. The molecule has 0 aromatic heterocycles. The third kappa shape index (κ3) is 4.10. The molecule has 1 aliphatic rings. The summed E-state index contributed by atoms with van der Waals surface area (Å²) < 4.78 is 54.0. The van der Waals surface area contributed by atoms with Crippen LogP contribution in [0.3, 0.4) is 0 Å². The summed E-state index contributed by atoms with van der Waals surface area (Å²) in [6, 6.07) is 7.34. The van der Waals surface area contributed by atoms with E-state index >= 15 is 0 Å². The van der Waals surface area contributed by atoms with Crippen molar-refractivity contribution >= 4 is 21.6 Å². The third-order valence-corrected chi connectivity index (χ3v) is 5.87. The summed E-state index contributed by atoms with van der Waals surface area (Å²) in [5.74, 6) is -2.08. The summed E-state index contributed by atoms with van der Waals surface area (Å²) in [6.07, 6.45) is 0.688. The molecule has 5 nitrogen and oxygen atoms in total. The van der Waals surface area contributed by atoms with E-state index in [-0.39, 0.29) is 17.5 Å². The van der Waals surface area contributed by atoms with Gasteiger partial charge in [-0.3, -0.25) is 9.52 Å². The molecular formula is C19H20F2N2O3S. The number of benzene rings is 2. The number of nitrogens with zero attached hydrogens (tertiary/aromatic N) is 1. The van der Waals surface area contributed by atoms with Crippen molar-refractivity contribution in [2.24, 2.45) is 5.92 Å². The second kappa shape index (κ2) is 7.26. The average Bonchev–Trinajstić information content (AvgIpc) is 2.59. The number of nitrogens with one attached hydrogen (secondary N) is 1. The lowest BCUT2D eigenvalue weighted by Gasteiger charge is -2.30. The van der Waals surface area contributed by atoms with E-state index in [9.17, 15) is 22.0 Å². The van der Waals surface area contributed by atoms with Gasteiger partial charge in [-0.2, -0.15) is 0 Å². The Balaban J connectivity index is 1.85. The highest BCUT2D eigenvalue weighted by molar-refractivity contribution is 7.92. The number of carbonyl (C=O) groups excluding carboxylic acids is 1. The number of hydrogen-bond donors (Lipinski definition) is 1. The number of amides is 1. The zero-order chi connectivity index (χ0) is 19.8. The molecule has 0 saturated heterocycles. The largest absolute Gasteiger partial charge is 0.338 e. The number of halogens is 2. The van der Waals surface area contributed by atoms with Gasteiger partial charge in [-0.1, -0.05) is 19.9 Å². The molecule has 0 aliphatic carbocycles. The van der Waals surface area contributed by atoms with Crippen LogP contribution < -0.4 is 4.72 Å². The zero-order valence-corrected chi connectivity index (χ0v) is 15.8. The van der Waals surface area contributed by atoms with Gasteiger partial charge in [-0.05, 0) is 41.8 Å². The lowest BCUT2D eigenvalue weighted by atomic mass is 9.98. The van der Waals surface area contributed by atoms with E-state index in [2.05, 4.69) is 4.72 Å². The number of rotatable bonds is 4. The topological polar surface area (TPSA) is 66.5 Å². The SMILES string of the molecule is CC(C)C(=O)N1CCc2ccc(NS(=O)(=O)c3ccc(F)cc3F)cc2C1. The minimum Gasteiger partial charge on any atom is -0.338 e. The highest BCUT2D eigenvalue weighted by atomic mass is 32.2. The summed E-state index contributed by atoms with van der Waals surface area (Å²) in [5.41, 5.74) is 2.14. The lowest BCUT2D eigenvalue weighted by molar-refractivity contribution is -0.135. The Hall–Kier alpha value is -2.48. The summed E-state index contributed by atoms with van der Waals surface area (Å²) in [6.45, 7) is 4.68. The Morgan fingerprint density at radius 1 is 1.11 bits per heavy atom. The second-order valence-electron chi connectivity index (χ2n) is 6.83. The van der Waals surface area contributed by atoms with Crippen molar-refractivity contribution in [1.82, 2.24) is 4.90 Å². The first-order valence-corrected chi connectivity index (χ1v) is 10.0. The van der Waals surface area contributed by atoms with Crippen molar-refractivity contribution < 1.29 is 22.0 Å². The van der Waals surface area contributed by atoms with Crippen LogP contribution in [0.4, 0.5) is 14.5 Å². The fourth-order valence-electron chi connectivity index (χ4n) is 3.08. The summed E-state index contributed by atoms with van der Waals surface area (Å²) in [7, 11) is -4.20. The smallest absolute Gasteiger partial charge is 0.264 e. The van der Waals surface area contributed by atoms with Gasteiger partial charge in [0.15, 0.2) is 0 Å². The van der Waals surface area contributed by atoms with Crippen LogP contribution in [0.1, 0.15) is 25.0 Å². The van der Waals surface area contributed by atoms with Crippen molar-refractivity contribution in [1.29, 1.82) is 0 Å². The van der Waals surface area contributed by atoms with Crippen molar-refractivity contribution in [3.05, 3.63) is 59.2 Å². The van der Waals surface area contributed by atoms with Crippen molar-refractivity contribution in [3.8, 4) is 0 Å². The molecule has 0 radical (unpaired) electrons. The van der Waals surface area contributed by atoms with Crippen LogP contribution in [-0.2, 0) is 27.8 Å². The highest BCUT2D eigenvalue weighted by Crippen LogP contribution is 2.26. The van der Waals surface area contributed by atoms with Gasteiger partial charge in [-0.15, -0.1) is 0 Å².